The molecule has 0 unspecified atom stereocenters. The number of thioether (sulfide) groups is 1. The van der Waals surface area contributed by atoms with Gasteiger partial charge in [0.25, 0.3) is 5.56 Å². The van der Waals surface area contributed by atoms with Gasteiger partial charge in [-0.2, -0.15) is 0 Å². The lowest BCUT2D eigenvalue weighted by atomic mass is 10.2. The molecule has 29 heavy (non-hydrogen) atoms. The maximum atomic E-state index is 13.5. The van der Waals surface area contributed by atoms with Crippen LogP contribution in [-0.4, -0.2) is 9.55 Å². The Morgan fingerprint density at radius 3 is 2.34 bits per heavy atom. The van der Waals surface area contributed by atoms with Gasteiger partial charge >= 0.3 is 0 Å². The van der Waals surface area contributed by atoms with Crippen molar-refractivity contribution >= 4 is 34.3 Å². The molecule has 0 radical (unpaired) electrons. The number of para-hydroxylation sites is 1. The molecule has 0 fully saturated rings. The van der Waals surface area contributed by atoms with Crippen LogP contribution in [0.3, 0.4) is 0 Å². The molecule has 0 N–H and O–H groups in total. The van der Waals surface area contributed by atoms with E-state index in [-0.39, 0.29) is 11.3 Å². The van der Waals surface area contributed by atoms with Crippen molar-refractivity contribution in [3.8, 4) is 0 Å². The molecule has 1 aromatic heterocycles. The normalized spacial score (nSPS) is 11.1. The van der Waals surface area contributed by atoms with E-state index in [1.807, 2.05) is 18.2 Å². The number of rotatable bonds is 5. The Labute approximate surface area is 175 Å². The predicted octanol–water partition coefficient (Wildman–Crippen LogP) is 5.67. The van der Waals surface area contributed by atoms with Crippen molar-refractivity contribution in [3.05, 3.63) is 105 Å². The molecule has 0 saturated carbocycles. The molecule has 3 nitrogen and oxygen atoms in total. The monoisotopic (exact) mass is 428 g/mol. The van der Waals surface area contributed by atoms with Crippen LogP contribution in [0.2, 0.25) is 5.02 Å². The fraction of sp³-hybridized carbons (Fsp3) is 0.0909. The van der Waals surface area contributed by atoms with Crippen molar-refractivity contribution in [2.45, 2.75) is 17.5 Å². The van der Waals surface area contributed by atoms with Gasteiger partial charge in [0.05, 0.1) is 17.4 Å². The van der Waals surface area contributed by atoms with Crippen LogP contribution in [0, 0.1) is 11.6 Å². The van der Waals surface area contributed by atoms with Gasteiger partial charge in [0.1, 0.15) is 11.6 Å². The largest absolute Gasteiger partial charge is 0.283 e. The van der Waals surface area contributed by atoms with Gasteiger partial charge in [0.2, 0.25) is 0 Å². The summed E-state index contributed by atoms with van der Waals surface area (Å²) in [6.07, 6.45) is 0. The maximum absolute atomic E-state index is 13.5. The van der Waals surface area contributed by atoms with Crippen molar-refractivity contribution in [2.75, 3.05) is 0 Å². The Bertz CT molecular complexity index is 1220. The van der Waals surface area contributed by atoms with Crippen molar-refractivity contribution in [3.63, 3.8) is 0 Å². The van der Waals surface area contributed by atoms with E-state index in [0.29, 0.717) is 33.2 Å². The summed E-state index contributed by atoms with van der Waals surface area (Å²) in [4.78, 5) is 17.7. The average molecular weight is 429 g/mol. The van der Waals surface area contributed by atoms with E-state index >= 15 is 0 Å². The zero-order chi connectivity index (χ0) is 20.4. The first kappa shape index (κ1) is 19.6. The minimum Gasteiger partial charge on any atom is -0.283 e. The van der Waals surface area contributed by atoms with Gasteiger partial charge < -0.3 is 0 Å². The molecular formula is C22H15ClF2N2OS. The highest BCUT2D eigenvalue weighted by molar-refractivity contribution is 7.98. The summed E-state index contributed by atoms with van der Waals surface area (Å²) in [7, 11) is 0. The molecule has 4 rings (SSSR count). The van der Waals surface area contributed by atoms with Crippen LogP contribution >= 0.6 is 23.4 Å². The van der Waals surface area contributed by atoms with Crippen LogP contribution in [0.15, 0.2) is 76.7 Å². The Hall–Kier alpha value is -2.70. The highest BCUT2D eigenvalue weighted by Gasteiger charge is 2.13. The lowest BCUT2D eigenvalue weighted by molar-refractivity contribution is 0.581. The zero-order valence-electron chi connectivity index (χ0n) is 15.1. The van der Waals surface area contributed by atoms with Crippen molar-refractivity contribution < 1.29 is 8.78 Å². The van der Waals surface area contributed by atoms with Crippen LogP contribution in [0.1, 0.15) is 11.1 Å². The van der Waals surface area contributed by atoms with E-state index in [4.69, 9.17) is 11.6 Å². The molecule has 3 aromatic carbocycles. The van der Waals surface area contributed by atoms with Gasteiger partial charge in [-0.05, 0) is 47.5 Å². The Morgan fingerprint density at radius 1 is 0.931 bits per heavy atom. The van der Waals surface area contributed by atoms with Gasteiger partial charge in [-0.15, -0.1) is 0 Å². The van der Waals surface area contributed by atoms with Gasteiger partial charge in [-0.25, -0.2) is 13.8 Å². The van der Waals surface area contributed by atoms with Crippen molar-refractivity contribution in [2.24, 2.45) is 0 Å². The number of hydrogen-bond acceptors (Lipinski definition) is 3. The third kappa shape index (κ3) is 4.49. The molecule has 7 heteroatoms. The summed E-state index contributed by atoms with van der Waals surface area (Å²) in [5.41, 5.74) is 1.79. The highest BCUT2D eigenvalue weighted by Crippen LogP contribution is 2.24. The van der Waals surface area contributed by atoms with Crippen LogP contribution in [-0.2, 0) is 12.3 Å². The molecule has 0 saturated heterocycles. The third-order valence-corrected chi connectivity index (χ3v) is 5.67. The molecule has 0 aliphatic carbocycles. The Morgan fingerprint density at radius 2 is 1.62 bits per heavy atom. The van der Waals surface area contributed by atoms with E-state index in [9.17, 15) is 13.6 Å². The number of fused-ring (bicyclic) bond motifs is 1. The van der Waals surface area contributed by atoms with Crippen molar-refractivity contribution in [1.29, 1.82) is 0 Å². The van der Waals surface area contributed by atoms with E-state index in [2.05, 4.69) is 4.98 Å². The van der Waals surface area contributed by atoms with E-state index in [1.54, 1.807) is 34.9 Å². The molecule has 146 valence electrons. The van der Waals surface area contributed by atoms with E-state index in [1.165, 1.54) is 23.9 Å². The summed E-state index contributed by atoms with van der Waals surface area (Å²) in [5, 5.41) is 1.61. The molecule has 1 heterocycles. The standard InChI is InChI=1S/C22H15ClF2N2OS/c23-16-7-5-14(6-8-16)12-27-21(28)19-3-1-2-4-20(19)26-22(27)29-13-15-9-17(24)11-18(25)10-15/h1-11H,12-13H2. The lowest BCUT2D eigenvalue weighted by Crippen LogP contribution is -2.24. The van der Waals surface area contributed by atoms with E-state index < -0.39 is 11.6 Å². The minimum atomic E-state index is -0.634. The number of benzene rings is 3. The summed E-state index contributed by atoms with van der Waals surface area (Å²) >= 11 is 7.21. The second-order valence-corrected chi connectivity index (χ2v) is 7.87. The number of hydrogen-bond donors (Lipinski definition) is 0. The molecule has 0 atom stereocenters. The topological polar surface area (TPSA) is 34.9 Å². The van der Waals surface area contributed by atoms with Gasteiger partial charge in [-0.1, -0.05) is 47.6 Å². The number of nitrogens with zero attached hydrogens (tertiary/aromatic N) is 2. The smallest absolute Gasteiger partial charge is 0.262 e. The molecule has 4 aromatic rings. The number of aromatic nitrogens is 2. The van der Waals surface area contributed by atoms with Crippen LogP contribution < -0.4 is 5.56 Å². The molecule has 0 aliphatic heterocycles. The van der Waals surface area contributed by atoms with Gasteiger partial charge in [-0.3, -0.25) is 9.36 Å². The first-order chi connectivity index (χ1) is 14.0. The predicted molar refractivity (Wildman–Crippen MR) is 112 cm³/mol. The summed E-state index contributed by atoms with van der Waals surface area (Å²) in [6, 6.07) is 17.7. The average Bonchev–Trinajstić information content (AvgIpc) is 2.70. The second-order valence-electron chi connectivity index (χ2n) is 6.50. The van der Waals surface area contributed by atoms with Crippen LogP contribution in [0.25, 0.3) is 10.9 Å². The maximum Gasteiger partial charge on any atom is 0.262 e. The number of halogens is 3. The van der Waals surface area contributed by atoms with E-state index in [0.717, 1.165) is 11.6 Å². The fourth-order valence-electron chi connectivity index (χ4n) is 3.01. The zero-order valence-corrected chi connectivity index (χ0v) is 16.7. The minimum absolute atomic E-state index is 0.168. The van der Waals surface area contributed by atoms with Crippen LogP contribution in [0.4, 0.5) is 8.78 Å². The molecular weight excluding hydrogens is 414 g/mol. The fourth-order valence-corrected chi connectivity index (χ4v) is 4.07. The molecule has 0 amide bonds. The van der Waals surface area contributed by atoms with Gasteiger partial charge in [0.15, 0.2) is 5.16 Å². The second kappa shape index (κ2) is 8.35. The third-order valence-electron chi connectivity index (χ3n) is 4.37. The quantitative estimate of drug-likeness (QED) is 0.303. The van der Waals surface area contributed by atoms with Gasteiger partial charge in [0, 0.05) is 16.8 Å². The molecule has 0 bridgehead atoms. The summed E-state index contributed by atoms with van der Waals surface area (Å²) in [5.74, 6) is -0.990. The Kier molecular flexibility index (Phi) is 5.65. The first-order valence-electron chi connectivity index (χ1n) is 8.81. The Balaban J connectivity index is 1.74. The summed E-state index contributed by atoms with van der Waals surface area (Å²) < 4.78 is 28.6. The summed E-state index contributed by atoms with van der Waals surface area (Å²) in [6.45, 7) is 0.313. The first-order valence-corrected chi connectivity index (χ1v) is 10.2. The molecule has 0 aliphatic rings. The van der Waals surface area contributed by atoms with Crippen molar-refractivity contribution in [1.82, 2.24) is 9.55 Å². The van der Waals surface area contributed by atoms with Crippen LogP contribution in [0.5, 0.6) is 0 Å². The molecule has 0 spiro atoms. The lowest BCUT2D eigenvalue weighted by Gasteiger charge is -2.13. The highest BCUT2D eigenvalue weighted by atomic mass is 35.5. The SMILES string of the molecule is O=c1c2ccccc2nc(SCc2cc(F)cc(F)c2)n1Cc1ccc(Cl)cc1.